The van der Waals surface area contributed by atoms with Gasteiger partial charge in [0.2, 0.25) is 0 Å². The fraction of sp³-hybridized carbons (Fsp3) is 0.417. The van der Waals surface area contributed by atoms with E-state index in [1.165, 1.54) is 7.11 Å². The maximum Gasteiger partial charge on any atom is 0.282 e. The first-order valence-electron chi connectivity index (χ1n) is 5.77. The number of nitrogens with two attached hydrogens (primary N) is 1. The normalized spacial score (nSPS) is 12.5. The van der Waals surface area contributed by atoms with Gasteiger partial charge in [0.25, 0.3) is 5.92 Å². The fourth-order valence-corrected chi connectivity index (χ4v) is 1.56. The van der Waals surface area contributed by atoms with Gasteiger partial charge in [-0.2, -0.15) is 0 Å². The number of alkyl halides is 2. The molecular weight excluding hydrogens is 272 g/mol. The first-order valence-corrected chi connectivity index (χ1v) is 5.77. The molecule has 0 unspecified atom stereocenters. The summed E-state index contributed by atoms with van der Waals surface area (Å²) in [4.78, 5) is 0. The lowest BCUT2D eigenvalue weighted by molar-refractivity contribution is -0.0477. The van der Waals surface area contributed by atoms with Crippen LogP contribution >= 0.6 is 0 Å². The Bertz CT molecular complexity index is 481. The summed E-state index contributed by atoms with van der Waals surface area (Å²) in [7, 11) is 1.42. The van der Waals surface area contributed by atoms with Gasteiger partial charge in [-0.25, -0.2) is 8.78 Å². The van der Waals surface area contributed by atoms with Crippen molar-refractivity contribution in [3.05, 3.63) is 29.3 Å². The van der Waals surface area contributed by atoms with Crippen LogP contribution in [0, 0.1) is 0 Å². The van der Waals surface area contributed by atoms with Crippen LogP contribution in [0.1, 0.15) is 11.1 Å². The minimum absolute atomic E-state index is 0.104. The molecule has 20 heavy (non-hydrogen) atoms. The molecule has 6 nitrogen and oxygen atoms in total. The van der Waals surface area contributed by atoms with Crippen LogP contribution < -0.4 is 15.8 Å². The zero-order valence-electron chi connectivity index (χ0n) is 10.9. The van der Waals surface area contributed by atoms with Crippen molar-refractivity contribution in [2.75, 3.05) is 20.3 Å². The lowest BCUT2D eigenvalue weighted by Gasteiger charge is -2.14. The van der Waals surface area contributed by atoms with E-state index in [0.717, 1.165) is 0 Å². The first kappa shape index (κ1) is 16.1. The predicted octanol–water partition coefficient (Wildman–Crippen LogP) is 0.507. The highest BCUT2D eigenvalue weighted by atomic mass is 19.3. The van der Waals surface area contributed by atoms with E-state index in [2.05, 4.69) is 10.5 Å². The summed E-state index contributed by atoms with van der Waals surface area (Å²) < 4.78 is 30.7. The second-order valence-electron chi connectivity index (χ2n) is 4.14. The molecule has 0 saturated heterocycles. The summed E-state index contributed by atoms with van der Waals surface area (Å²) in [6.07, 6.45) is 0. The minimum atomic E-state index is -3.15. The average molecular weight is 289 g/mol. The molecular formula is C12H17F2N3O3. The highest BCUT2D eigenvalue weighted by molar-refractivity contribution is 5.99. The zero-order valence-corrected chi connectivity index (χ0v) is 10.9. The third-order valence-electron chi connectivity index (χ3n) is 2.59. The number of hydrogen-bond donors (Lipinski definition) is 4. The maximum absolute atomic E-state index is 12.8. The Morgan fingerprint density at radius 1 is 1.50 bits per heavy atom. The quantitative estimate of drug-likeness (QED) is 0.254. The second kappa shape index (κ2) is 7.01. The number of benzene rings is 1. The SMILES string of the molecule is COc1cc(CNCC(F)(F)CO)ccc1/C(N)=N/O. The van der Waals surface area contributed by atoms with Crippen LogP contribution in [0.15, 0.2) is 23.4 Å². The smallest absolute Gasteiger partial charge is 0.282 e. The molecule has 0 aliphatic heterocycles. The summed E-state index contributed by atoms with van der Waals surface area (Å²) in [6, 6.07) is 4.80. The number of oxime groups is 1. The van der Waals surface area contributed by atoms with Crippen molar-refractivity contribution in [1.82, 2.24) is 5.32 Å². The molecule has 0 spiro atoms. The van der Waals surface area contributed by atoms with E-state index < -0.39 is 19.1 Å². The zero-order chi connectivity index (χ0) is 15.2. The van der Waals surface area contributed by atoms with Gasteiger partial charge in [-0.1, -0.05) is 11.2 Å². The largest absolute Gasteiger partial charge is 0.496 e. The Morgan fingerprint density at radius 2 is 2.20 bits per heavy atom. The van der Waals surface area contributed by atoms with Crippen molar-refractivity contribution >= 4 is 5.84 Å². The van der Waals surface area contributed by atoms with Crippen LogP contribution in [0.25, 0.3) is 0 Å². The van der Waals surface area contributed by atoms with Gasteiger partial charge in [0.1, 0.15) is 12.4 Å². The number of ether oxygens (including phenoxy) is 1. The Balaban J connectivity index is 2.74. The molecule has 1 aromatic rings. The lowest BCUT2D eigenvalue weighted by Crippen LogP contribution is -2.35. The van der Waals surface area contributed by atoms with Crippen LogP contribution in [0.3, 0.4) is 0 Å². The summed E-state index contributed by atoms with van der Waals surface area (Å²) in [6.45, 7) is -1.66. The van der Waals surface area contributed by atoms with Crippen molar-refractivity contribution in [3.8, 4) is 5.75 Å². The summed E-state index contributed by atoms with van der Waals surface area (Å²) in [5, 5.41) is 22.5. The van der Waals surface area contributed by atoms with Gasteiger partial charge in [-0.05, 0) is 17.7 Å². The molecule has 0 aliphatic carbocycles. The fourth-order valence-electron chi connectivity index (χ4n) is 1.56. The molecule has 1 rings (SSSR count). The topological polar surface area (TPSA) is 100 Å². The average Bonchev–Trinajstić information content (AvgIpc) is 2.46. The van der Waals surface area contributed by atoms with E-state index in [-0.39, 0.29) is 12.4 Å². The Labute approximate surface area is 114 Å². The molecule has 0 heterocycles. The van der Waals surface area contributed by atoms with Crippen LogP contribution in [0.5, 0.6) is 5.75 Å². The summed E-state index contributed by atoms with van der Waals surface area (Å²) in [5.41, 5.74) is 6.56. The van der Waals surface area contributed by atoms with Crippen molar-refractivity contribution in [2.24, 2.45) is 10.9 Å². The molecule has 8 heteroatoms. The summed E-state index contributed by atoms with van der Waals surface area (Å²) in [5.74, 6) is -2.89. The van der Waals surface area contributed by atoms with E-state index in [9.17, 15) is 8.78 Å². The van der Waals surface area contributed by atoms with Gasteiger partial charge >= 0.3 is 0 Å². The number of hydrogen-bond acceptors (Lipinski definition) is 5. The van der Waals surface area contributed by atoms with Crippen molar-refractivity contribution in [3.63, 3.8) is 0 Å². The predicted molar refractivity (Wildman–Crippen MR) is 69.2 cm³/mol. The molecule has 5 N–H and O–H groups in total. The van der Waals surface area contributed by atoms with Gasteiger partial charge in [0.15, 0.2) is 5.84 Å². The van der Waals surface area contributed by atoms with Crippen LogP contribution in [0.2, 0.25) is 0 Å². The third-order valence-corrected chi connectivity index (χ3v) is 2.59. The van der Waals surface area contributed by atoms with E-state index in [1.54, 1.807) is 18.2 Å². The second-order valence-corrected chi connectivity index (χ2v) is 4.14. The number of aliphatic hydroxyl groups excluding tert-OH is 1. The van der Waals surface area contributed by atoms with E-state index >= 15 is 0 Å². The number of nitrogens with one attached hydrogen (secondary N) is 1. The Kier molecular flexibility index (Phi) is 5.66. The standard InChI is InChI=1S/C12H17F2N3O3/c1-20-10-4-8(2-3-9(10)11(15)17-19)5-16-6-12(13,14)7-18/h2-4,16,18-19H,5-7H2,1H3,(H2,15,17). The van der Waals surface area contributed by atoms with Crippen molar-refractivity contribution < 1.29 is 23.8 Å². The van der Waals surface area contributed by atoms with Gasteiger partial charge in [-0.3, -0.25) is 0 Å². The molecule has 0 aliphatic rings. The van der Waals surface area contributed by atoms with Crippen LogP contribution in [-0.4, -0.2) is 42.3 Å². The molecule has 0 radical (unpaired) electrons. The molecule has 0 bridgehead atoms. The van der Waals surface area contributed by atoms with Gasteiger partial charge in [-0.15, -0.1) is 0 Å². The minimum Gasteiger partial charge on any atom is -0.496 e. The van der Waals surface area contributed by atoms with Gasteiger partial charge in [0.05, 0.1) is 19.2 Å². The number of halogens is 2. The number of rotatable bonds is 7. The number of nitrogens with zero attached hydrogens (tertiary/aromatic N) is 1. The number of aliphatic hydroxyl groups is 1. The Hall–Kier alpha value is -1.93. The first-order chi connectivity index (χ1) is 9.43. The maximum atomic E-state index is 12.8. The molecule has 0 fully saturated rings. The molecule has 0 aromatic heterocycles. The van der Waals surface area contributed by atoms with E-state index in [0.29, 0.717) is 16.9 Å². The van der Waals surface area contributed by atoms with Gasteiger partial charge in [0, 0.05) is 6.54 Å². The lowest BCUT2D eigenvalue weighted by atomic mass is 10.1. The monoisotopic (exact) mass is 289 g/mol. The molecule has 1 aromatic carbocycles. The van der Waals surface area contributed by atoms with E-state index in [4.69, 9.17) is 20.8 Å². The van der Waals surface area contributed by atoms with Crippen molar-refractivity contribution in [1.29, 1.82) is 0 Å². The Morgan fingerprint density at radius 3 is 2.75 bits per heavy atom. The van der Waals surface area contributed by atoms with Crippen LogP contribution in [0.4, 0.5) is 8.78 Å². The molecule has 0 saturated carbocycles. The molecule has 112 valence electrons. The van der Waals surface area contributed by atoms with Crippen LogP contribution in [-0.2, 0) is 6.54 Å². The van der Waals surface area contributed by atoms with Gasteiger partial charge < -0.3 is 26.1 Å². The molecule has 0 amide bonds. The third kappa shape index (κ3) is 4.32. The summed E-state index contributed by atoms with van der Waals surface area (Å²) >= 11 is 0. The highest BCUT2D eigenvalue weighted by Gasteiger charge is 2.26. The number of amidine groups is 1. The highest BCUT2D eigenvalue weighted by Crippen LogP contribution is 2.20. The molecule has 0 atom stereocenters. The van der Waals surface area contributed by atoms with Crippen molar-refractivity contribution in [2.45, 2.75) is 12.5 Å². The van der Waals surface area contributed by atoms with E-state index in [1.807, 2.05) is 0 Å². The number of methoxy groups -OCH3 is 1.